The van der Waals surface area contributed by atoms with Gasteiger partial charge in [-0.1, -0.05) is 19.0 Å². The van der Waals surface area contributed by atoms with Crippen LogP contribution in [0.2, 0.25) is 0 Å². The Labute approximate surface area is 152 Å². The van der Waals surface area contributed by atoms with Gasteiger partial charge in [-0.2, -0.15) is 5.10 Å². The minimum Gasteiger partial charge on any atom is -0.359 e. The Morgan fingerprint density at radius 3 is 2.85 bits per heavy atom. The lowest BCUT2D eigenvalue weighted by Gasteiger charge is -2.22. The highest BCUT2D eigenvalue weighted by Gasteiger charge is 2.30. The van der Waals surface area contributed by atoms with Crippen molar-refractivity contribution in [3.8, 4) is 11.3 Å². The van der Waals surface area contributed by atoms with Crippen molar-refractivity contribution < 1.29 is 8.91 Å². The number of nitrogens with one attached hydrogen (secondary N) is 1. The van der Waals surface area contributed by atoms with Gasteiger partial charge in [-0.05, 0) is 49.6 Å². The van der Waals surface area contributed by atoms with Gasteiger partial charge >= 0.3 is 0 Å². The second kappa shape index (κ2) is 7.03. The third-order valence-electron chi connectivity index (χ3n) is 5.05. The molecule has 1 N–H and O–H groups in total. The lowest BCUT2D eigenvalue weighted by atomic mass is 10.1. The van der Waals surface area contributed by atoms with E-state index in [1.54, 1.807) is 12.1 Å². The standard InChI is InChI=1S/C20H23FN4O/c1-13(2)17-10-19(26-24-17)18-4-3-9-25(18)12-15-11-22-23-20(15)14-5-7-16(21)8-6-14/h5-8,10-11,13,18H,3-4,9,12H2,1-2H3,(H,22,23). The number of H-pyrrole nitrogens is 1. The van der Waals surface area contributed by atoms with Crippen LogP contribution in [0.3, 0.4) is 0 Å². The molecule has 1 atom stereocenters. The van der Waals surface area contributed by atoms with Crippen LogP contribution in [0.25, 0.3) is 11.3 Å². The molecule has 1 fully saturated rings. The molecule has 0 saturated carbocycles. The summed E-state index contributed by atoms with van der Waals surface area (Å²) in [7, 11) is 0. The molecule has 3 aromatic rings. The highest BCUT2D eigenvalue weighted by molar-refractivity contribution is 5.62. The van der Waals surface area contributed by atoms with Crippen LogP contribution in [0, 0.1) is 5.82 Å². The molecule has 136 valence electrons. The first-order valence-electron chi connectivity index (χ1n) is 9.10. The van der Waals surface area contributed by atoms with Crippen LogP contribution in [-0.4, -0.2) is 26.8 Å². The van der Waals surface area contributed by atoms with E-state index in [2.05, 4.69) is 40.2 Å². The molecule has 0 spiro atoms. The van der Waals surface area contributed by atoms with Crippen molar-refractivity contribution in [1.82, 2.24) is 20.3 Å². The van der Waals surface area contributed by atoms with Gasteiger partial charge in [0, 0.05) is 23.7 Å². The molecule has 3 heterocycles. The molecule has 2 aromatic heterocycles. The second-order valence-electron chi connectivity index (χ2n) is 7.21. The summed E-state index contributed by atoms with van der Waals surface area (Å²) in [5.41, 5.74) is 3.99. The number of nitrogens with zero attached hydrogens (tertiary/aromatic N) is 3. The molecule has 1 aliphatic rings. The molecular weight excluding hydrogens is 331 g/mol. The minimum atomic E-state index is -0.235. The zero-order valence-corrected chi connectivity index (χ0v) is 15.1. The molecule has 1 saturated heterocycles. The second-order valence-corrected chi connectivity index (χ2v) is 7.21. The Kier molecular flexibility index (Phi) is 4.59. The highest BCUT2D eigenvalue weighted by atomic mass is 19.1. The third-order valence-corrected chi connectivity index (χ3v) is 5.05. The smallest absolute Gasteiger partial charge is 0.154 e. The van der Waals surface area contributed by atoms with Gasteiger partial charge in [-0.25, -0.2) is 4.39 Å². The van der Waals surface area contributed by atoms with Gasteiger partial charge in [-0.15, -0.1) is 0 Å². The lowest BCUT2D eigenvalue weighted by Crippen LogP contribution is -2.22. The molecule has 1 aromatic carbocycles. The maximum atomic E-state index is 13.2. The summed E-state index contributed by atoms with van der Waals surface area (Å²) in [6.07, 6.45) is 4.05. The summed E-state index contributed by atoms with van der Waals surface area (Å²) in [6.45, 7) is 6.02. The zero-order valence-electron chi connectivity index (χ0n) is 15.1. The molecule has 1 aliphatic heterocycles. The van der Waals surface area contributed by atoms with Gasteiger partial charge < -0.3 is 4.52 Å². The first kappa shape index (κ1) is 17.0. The number of likely N-dealkylation sites (tertiary alicyclic amines) is 1. The summed E-state index contributed by atoms with van der Waals surface area (Å²) in [4.78, 5) is 2.41. The minimum absolute atomic E-state index is 0.235. The number of rotatable bonds is 5. The van der Waals surface area contributed by atoms with Crippen molar-refractivity contribution in [3.63, 3.8) is 0 Å². The monoisotopic (exact) mass is 354 g/mol. The summed E-state index contributed by atoms with van der Waals surface area (Å²) in [5, 5.41) is 11.5. The third kappa shape index (κ3) is 3.29. The molecule has 0 bridgehead atoms. The van der Waals surface area contributed by atoms with E-state index in [4.69, 9.17) is 4.52 Å². The molecular formula is C20H23FN4O. The lowest BCUT2D eigenvalue weighted by molar-refractivity contribution is 0.206. The molecule has 5 nitrogen and oxygen atoms in total. The SMILES string of the molecule is CC(C)c1cc(C2CCCN2Cc2cn[nH]c2-c2ccc(F)cc2)on1. The van der Waals surface area contributed by atoms with E-state index in [-0.39, 0.29) is 11.9 Å². The Morgan fingerprint density at radius 1 is 1.31 bits per heavy atom. The molecule has 6 heteroatoms. The largest absolute Gasteiger partial charge is 0.359 e. The van der Waals surface area contributed by atoms with Gasteiger partial charge in [0.05, 0.1) is 23.6 Å². The van der Waals surface area contributed by atoms with E-state index in [0.717, 1.165) is 54.2 Å². The predicted molar refractivity (Wildman–Crippen MR) is 97.0 cm³/mol. The van der Waals surface area contributed by atoms with Crippen molar-refractivity contribution in [1.29, 1.82) is 0 Å². The summed E-state index contributed by atoms with van der Waals surface area (Å²) in [5.74, 6) is 1.07. The summed E-state index contributed by atoms with van der Waals surface area (Å²) in [6, 6.07) is 8.83. The quantitative estimate of drug-likeness (QED) is 0.724. The van der Waals surface area contributed by atoms with Gasteiger partial charge in [0.15, 0.2) is 5.76 Å². The molecule has 0 aliphatic carbocycles. The highest BCUT2D eigenvalue weighted by Crippen LogP contribution is 2.35. The fourth-order valence-electron chi connectivity index (χ4n) is 3.59. The average Bonchev–Trinajstić information content (AvgIpc) is 3.35. The van der Waals surface area contributed by atoms with Crippen LogP contribution < -0.4 is 0 Å². The fourth-order valence-corrected chi connectivity index (χ4v) is 3.59. The first-order valence-corrected chi connectivity index (χ1v) is 9.10. The Balaban J connectivity index is 1.55. The Morgan fingerprint density at radius 2 is 2.12 bits per heavy atom. The van der Waals surface area contributed by atoms with E-state index in [1.165, 1.54) is 12.1 Å². The zero-order chi connectivity index (χ0) is 18.1. The van der Waals surface area contributed by atoms with E-state index >= 15 is 0 Å². The van der Waals surface area contributed by atoms with Crippen molar-refractivity contribution >= 4 is 0 Å². The molecule has 0 amide bonds. The number of aromatic nitrogens is 3. The summed E-state index contributed by atoms with van der Waals surface area (Å²) >= 11 is 0. The topological polar surface area (TPSA) is 58.0 Å². The van der Waals surface area contributed by atoms with Crippen LogP contribution in [-0.2, 0) is 6.54 Å². The van der Waals surface area contributed by atoms with Crippen LogP contribution in [0.15, 0.2) is 41.1 Å². The van der Waals surface area contributed by atoms with Gasteiger partial charge in [0.2, 0.25) is 0 Å². The van der Waals surface area contributed by atoms with E-state index in [9.17, 15) is 4.39 Å². The maximum Gasteiger partial charge on any atom is 0.154 e. The molecule has 26 heavy (non-hydrogen) atoms. The summed E-state index contributed by atoms with van der Waals surface area (Å²) < 4.78 is 18.8. The van der Waals surface area contributed by atoms with Gasteiger partial charge in [-0.3, -0.25) is 10.00 Å². The number of halogens is 1. The van der Waals surface area contributed by atoms with Crippen LogP contribution >= 0.6 is 0 Å². The van der Waals surface area contributed by atoms with Crippen molar-refractivity contribution in [3.05, 3.63) is 59.4 Å². The average molecular weight is 354 g/mol. The molecule has 0 radical (unpaired) electrons. The van der Waals surface area contributed by atoms with Gasteiger partial charge in [0.1, 0.15) is 5.82 Å². The molecule has 1 unspecified atom stereocenters. The predicted octanol–water partition coefficient (Wildman–Crippen LogP) is 4.66. The number of hydrogen-bond donors (Lipinski definition) is 1. The Hall–Kier alpha value is -2.47. The van der Waals surface area contributed by atoms with Crippen LogP contribution in [0.4, 0.5) is 4.39 Å². The van der Waals surface area contributed by atoms with E-state index < -0.39 is 0 Å². The maximum absolute atomic E-state index is 13.2. The van der Waals surface area contributed by atoms with Crippen molar-refractivity contribution in [2.75, 3.05) is 6.54 Å². The Bertz CT molecular complexity index is 868. The van der Waals surface area contributed by atoms with Crippen molar-refractivity contribution in [2.45, 2.75) is 45.2 Å². The number of aromatic amines is 1. The normalized spacial score (nSPS) is 18.1. The van der Waals surface area contributed by atoms with E-state index in [0.29, 0.717) is 5.92 Å². The van der Waals surface area contributed by atoms with E-state index in [1.807, 2.05) is 6.20 Å². The van der Waals surface area contributed by atoms with Crippen molar-refractivity contribution in [2.24, 2.45) is 0 Å². The van der Waals surface area contributed by atoms with Crippen LogP contribution in [0.5, 0.6) is 0 Å². The first-order chi connectivity index (χ1) is 12.6. The fraction of sp³-hybridized carbons (Fsp3) is 0.400. The number of benzene rings is 1. The number of hydrogen-bond acceptors (Lipinski definition) is 4. The van der Waals surface area contributed by atoms with Crippen LogP contribution in [0.1, 0.15) is 55.7 Å². The van der Waals surface area contributed by atoms with Gasteiger partial charge in [0.25, 0.3) is 0 Å². The molecule has 4 rings (SSSR count).